The molecule has 4 rings (SSSR count). The van der Waals surface area contributed by atoms with Crippen LogP contribution >= 0.6 is 0 Å². The minimum Gasteiger partial charge on any atom is -0.465 e. The summed E-state index contributed by atoms with van der Waals surface area (Å²) in [4.78, 5) is 11.9. The molecular formula is C29H50O6. The Morgan fingerprint density at radius 1 is 1.03 bits per heavy atom. The number of ether oxygens (including phenoxy) is 1. The maximum atomic E-state index is 11.9. The van der Waals surface area contributed by atoms with Crippen molar-refractivity contribution in [3.05, 3.63) is 0 Å². The van der Waals surface area contributed by atoms with Crippen LogP contribution in [0.15, 0.2) is 0 Å². The first-order valence-electron chi connectivity index (χ1n) is 14.3. The minimum atomic E-state index is -1.28. The molecule has 0 amide bonds. The van der Waals surface area contributed by atoms with Gasteiger partial charge in [0.15, 0.2) is 0 Å². The first-order chi connectivity index (χ1) is 16.4. The third-order valence-electron chi connectivity index (χ3n) is 11.3. The number of hydrogen-bond donors (Lipinski definition) is 4. The molecule has 0 bridgehead atoms. The molecule has 0 heterocycles. The lowest BCUT2D eigenvalue weighted by Crippen LogP contribution is -2.69. The van der Waals surface area contributed by atoms with Gasteiger partial charge in [-0.3, -0.25) is 4.79 Å². The van der Waals surface area contributed by atoms with Crippen LogP contribution in [0.4, 0.5) is 0 Å². The maximum Gasteiger partial charge on any atom is 0.302 e. The Kier molecular flexibility index (Phi) is 7.72. The van der Waals surface area contributed by atoms with Crippen molar-refractivity contribution in [2.75, 3.05) is 6.61 Å². The third-order valence-corrected chi connectivity index (χ3v) is 11.3. The average molecular weight is 495 g/mol. The number of aliphatic hydroxyl groups excluding tert-OH is 3. The SMILES string of the molecule is CC(=O)OCC12CCC3C(CC(O)C4(O)CC(O)CCC34C)C1CC(O)C2C(C)CCCC(C)C. The van der Waals surface area contributed by atoms with E-state index in [0.717, 1.165) is 25.7 Å². The molecule has 0 radical (unpaired) electrons. The van der Waals surface area contributed by atoms with Gasteiger partial charge in [0, 0.05) is 24.2 Å². The van der Waals surface area contributed by atoms with Crippen LogP contribution in [0.2, 0.25) is 0 Å². The van der Waals surface area contributed by atoms with Gasteiger partial charge in [0.2, 0.25) is 0 Å². The van der Waals surface area contributed by atoms with E-state index in [2.05, 4.69) is 27.7 Å². The number of hydrogen-bond acceptors (Lipinski definition) is 6. The van der Waals surface area contributed by atoms with Crippen LogP contribution in [0.5, 0.6) is 0 Å². The number of aliphatic hydroxyl groups is 4. The summed E-state index contributed by atoms with van der Waals surface area (Å²) in [6.45, 7) is 10.7. The van der Waals surface area contributed by atoms with Gasteiger partial charge in [-0.05, 0) is 74.0 Å². The molecular weight excluding hydrogens is 444 g/mol. The highest BCUT2D eigenvalue weighted by Gasteiger charge is 2.69. The van der Waals surface area contributed by atoms with E-state index in [9.17, 15) is 25.2 Å². The lowest BCUT2D eigenvalue weighted by Gasteiger charge is -2.65. The highest BCUT2D eigenvalue weighted by Crippen LogP contribution is 2.69. The van der Waals surface area contributed by atoms with Crippen molar-refractivity contribution in [1.82, 2.24) is 0 Å². The van der Waals surface area contributed by atoms with Crippen LogP contribution in [0.1, 0.15) is 98.8 Å². The fourth-order valence-electron chi connectivity index (χ4n) is 9.60. The van der Waals surface area contributed by atoms with E-state index in [4.69, 9.17) is 4.74 Å². The first-order valence-corrected chi connectivity index (χ1v) is 14.3. The first kappa shape index (κ1) is 27.3. The zero-order valence-corrected chi connectivity index (χ0v) is 22.6. The van der Waals surface area contributed by atoms with Crippen molar-refractivity contribution in [2.45, 2.75) is 123 Å². The van der Waals surface area contributed by atoms with Gasteiger partial charge in [0.1, 0.15) is 0 Å². The topological polar surface area (TPSA) is 107 Å². The Morgan fingerprint density at radius 3 is 2.40 bits per heavy atom. The van der Waals surface area contributed by atoms with Crippen molar-refractivity contribution in [1.29, 1.82) is 0 Å². The molecule has 0 aromatic heterocycles. The molecule has 6 nitrogen and oxygen atoms in total. The van der Waals surface area contributed by atoms with Crippen molar-refractivity contribution in [2.24, 2.45) is 46.3 Å². The van der Waals surface area contributed by atoms with Gasteiger partial charge in [0.05, 0.1) is 30.5 Å². The molecule has 11 unspecified atom stereocenters. The normalized spacial score (nSPS) is 48.1. The highest BCUT2D eigenvalue weighted by atomic mass is 16.5. The molecule has 4 N–H and O–H groups in total. The van der Waals surface area contributed by atoms with Crippen molar-refractivity contribution >= 4 is 5.97 Å². The van der Waals surface area contributed by atoms with Gasteiger partial charge in [-0.1, -0.05) is 47.0 Å². The Bertz CT molecular complexity index is 770. The predicted molar refractivity (Wildman–Crippen MR) is 134 cm³/mol. The number of carbonyl (C=O) groups excluding carboxylic acids is 1. The Balaban J connectivity index is 1.65. The summed E-state index contributed by atoms with van der Waals surface area (Å²) in [7, 11) is 0. The second-order valence-corrected chi connectivity index (χ2v) is 13.5. The van der Waals surface area contributed by atoms with Gasteiger partial charge in [-0.15, -0.1) is 0 Å². The molecule has 35 heavy (non-hydrogen) atoms. The van der Waals surface area contributed by atoms with Crippen LogP contribution in [0.25, 0.3) is 0 Å². The summed E-state index contributed by atoms with van der Waals surface area (Å²) < 4.78 is 5.73. The van der Waals surface area contributed by atoms with Crippen molar-refractivity contribution in [3.63, 3.8) is 0 Å². The number of rotatable bonds is 7. The summed E-state index contributed by atoms with van der Waals surface area (Å²) in [5.41, 5.74) is -2.03. The van der Waals surface area contributed by atoms with Gasteiger partial charge >= 0.3 is 5.97 Å². The zero-order chi connectivity index (χ0) is 25.8. The average Bonchev–Trinajstić information content (AvgIpc) is 3.07. The molecule has 4 aliphatic carbocycles. The molecule has 6 heteroatoms. The van der Waals surface area contributed by atoms with Crippen molar-refractivity contribution in [3.8, 4) is 0 Å². The van der Waals surface area contributed by atoms with E-state index >= 15 is 0 Å². The Hall–Kier alpha value is -0.690. The summed E-state index contributed by atoms with van der Waals surface area (Å²) in [6.07, 6.45) is 5.95. The predicted octanol–water partition coefficient (Wildman–Crippen LogP) is 4.07. The molecule has 0 saturated heterocycles. The molecule has 0 aromatic rings. The van der Waals surface area contributed by atoms with Crippen LogP contribution in [0.3, 0.4) is 0 Å². The van der Waals surface area contributed by atoms with E-state index in [1.54, 1.807) is 0 Å². The molecule has 4 aliphatic rings. The molecule has 11 atom stereocenters. The Morgan fingerprint density at radius 2 is 1.74 bits per heavy atom. The molecule has 0 spiro atoms. The fraction of sp³-hybridized carbons (Fsp3) is 0.966. The van der Waals surface area contributed by atoms with Crippen LogP contribution in [-0.2, 0) is 9.53 Å². The molecule has 4 fully saturated rings. The lowest BCUT2D eigenvalue weighted by atomic mass is 9.42. The molecule has 4 saturated carbocycles. The van der Waals surface area contributed by atoms with Gasteiger partial charge in [0.25, 0.3) is 0 Å². The second-order valence-electron chi connectivity index (χ2n) is 13.5. The lowest BCUT2D eigenvalue weighted by molar-refractivity contribution is -0.267. The molecule has 202 valence electrons. The summed E-state index contributed by atoms with van der Waals surface area (Å²) in [5.74, 6) is 1.31. The van der Waals surface area contributed by atoms with E-state index in [1.807, 2.05) is 0 Å². The van der Waals surface area contributed by atoms with E-state index < -0.39 is 29.3 Å². The van der Waals surface area contributed by atoms with Crippen molar-refractivity contribution < 1.29 is 30.0 Å². The van der Waals surface area contributed by atoms with Gasteiger partial charge in [-0.2, -0.15) is 0 Å². The smallest absolute Gasteiger partial charge is 0.302 e. The van der Waals surface area contributed by atoms with Gasteiger partial charge < -0.3 is 25.2 Å². The minimum absolute atomic E-state index is 0.0684. The summed E-state index contributed by atoms with van der Waals surface area (Å²) >= 11 is 0. The van der Waals surface area contributed by atoms with Crippen LogP contribution < -0.4 is 0 Å². The monoisotopic (exact) mass is 494 g/mol. The molecule has 0 aliphatic heterocycles. The Labute approximate surface area is 211 Å². The third kappa shape index (κ3) is 4.49. The van der Waals surface area contributed by atoms with Crippen LogP contribution in [-0.4, -0.2) is 56.9 Å². The number of fused-ring (bicyclic) bond motifs is 5. The highest BCUT2D eigenvalue weighted by molar-refractivity contribution is 5.65. The van der Waals surface area contributed by atoms with E-state index in [1.165, 1.54) is 13.3 Å². The fourth-order valence-corrected chi connectivity index (χ4v) is 9.60. The zero-order valence-electron chi connectivity index (χ0n) is 22.6. The standard InChI is InChI=1S/C29H50O6/c1-17(2)7-6-8-18(3)26-24(32)14-23-21-13-25(33)29(34)15-20(31)9-11-27(29,5)22(21)10-12-28(23,26)16-35-19(4)30/h17-18,20-26,31-34H,6-16H2,1-5H3. The van der Waals surface area contributed by atoms with E-state index in [-0.39, 0.29) is 41.5 Å². The largest absolute Gasteiger partial charge is 0.465 e. The number of esters is 1. The van der Waals surface area contributed by atoms with Crippen LogP contribution in [0, 0.1) is 46.3 Å². The summed E-state index contributed by atoms with van der Waals surface area (Å²) in [6, 6.07) is 0. The number of carbonyl (C=O) groups is 1. The quantitative estimate of drug-likeness (QED) is 0.398. The maximum absolute atomic E-state index is 11.9. The van der Waals surface area contributed by atoms with Gasteiger partial charge in [-0.25, -0.2) is 0 Å². The van der Waals surface area contributed by atoms with E-state index in [0.29, 0.717) is 44.1 Å². The second kappa shape index (κ2) is 9.89. The molecule has 0 aromatic carbocycles. The summed E-state index contributed by atoms with van der Waals surface area (Å²) in [5, 5.41) is 44.8.